The summed E-state index contributed by atoms with van der Waals surface area (Å²) in [6.07, 6.45) is -0.958. The van der Waals surface area contributed by atoms with Crippen LogP contribution in [-0.2, 0) is 18.3 Å². The Morgan fingerprint density at radius 1 is 0.821 bits per heavy atom. The average molecular weight is 550 g/mol. The molecule has 39 heavy (non-hydrogen) atoms. The highest BCUT2D eigenvalue weighted by atomic mass is 31.2. The molecule has 1 unspecified atom stereocenters. The molecule has 0 aliphatic carbocycles. The van der Waals surface area contributed by atoms with E-state index in [4.69, 9.17) is 13.8 Å². The third kappa shape index (κ3) is 5.74. The predicted octanol–water partition coefficient (Wildman–Crippen LogP) is 8.21. The van der Waals surface area contributed by atoms with Crippen LogP contribution < -0.4 is 0 Å². The van der Waals surface area contributed by atoms with Crippen molar-refractivity contribution >= 4 is 40.8 Å². The van der Waals surface area contributed by atoms with Crippen molar-refractivity contribution in [3.05, 3.63) is 99.6 Å². The highest BCUT2D eigenvalue weighted by molar-refractivity contribution is 7.54. The fraction of sp³-hybridized carbons (Fsp3) is 0.300. The number of esters is 1. The monoisotopic (exact) mass is 549 g/mol. The van der Waals surface area contributed by atoms with E-state index in [0.717, 1.165) is 10.8 Å². The second-order valence-corrected chi connectivity index (χ2v) is 11.7. The van der Waals surface area contributed by atoms with Gasteiger partial charge >= 0.3 is 13.6 Å². The molecule has 8 nitrogen and oxygen atoms in total. The first kappa shape index (κ1) is 28.4. The molecule has 0 bridgehead atoms. The standard InChI is InChI=1S/C30H32NO7P/c1-6-36-30(32)28-26-14-10-8-12-24(26)23-11-7-9-13-25(23)27(28)29(21-15-17-22(18-16-21)31(33)34)39(35,37-19(2)3)38-20(4)5/h7-20,29H,6H2,1-5H3. The number of carbonyl (C=O) groups excluding carboxylic acids is 1. The fourth-order valence-corrected chi connectivity index (χ4v) is 7.49. The van der Waals surface area contributed by atoms with Gasteiger partial charge < -0.3 is 13.8 Å². The van der Waals surface area contributed by atoms with E-state index in [0.29, 0.717) is 21.9 Å². The summed E-state index contributed by atoms with van der Waals surface area (Å²) in [5, 5.41) is 14.4. The van der Waals surface area contributed by atoms with Gasteiger partial charge in [-0.05, 0) is 67.3 Å². The summed E-state index contributed by atoms with van der Waals surface area (Å²) in [5.41, 5.74) is -0.0558. The molecular weight excluding hydrogens is 517 g/mol. The lowest BCUT2D eigenvalue weighted by atomic mass is 9.88. The minimum atomic E-state index is -4.07. The number of fused-ring (bicyclic) bond motifs is 3. The van der Waals surface area contributed by atoms with Gasteiger partial charge in [0.15, 0.2) is 0 Å². The second kappa shape index (κ2) is 11.7. The fourth-order valence-electron chi connectivity index (χ4n) is 4.90. The van der Waals surface area contributed by atoms with E-state index in [2.05, 4.69) is 0 Å². The number of nitro benzene ring substituents is 1. The van der Waals surface area contributed by atoms with Crippen LogP contribution in [0.3, 0.4) is 0 Å². The molecule has 204 valence electrons. The Labute approximate surface area is 227 Å². The molecule has 9 heteroatoms. The molecule has 4 rings (SSSR count). The number of hydrogen-bond acceptors (Lipinski definition) is 7. The molecule has 0 amide bonds. The van der Waals surface area contributed by atoms with Crippen molar-refractivity contribution in [1.29, 1.82) is 0 Å². The Bertz CT molecular complexity index is 1550. The van der Waals surface area contributed by atoms with Gasteiger partial charge in [0, 0.05) is 12.1 Å². The zero-order chi connectivity index (χ0) is 28.3. The lowest BCUT2D eigenvalue weighted by Crippen LogP contribution is -2.18. The Morgan fingerprint density at radius 2 is 1.31 bits per heavy atom. The first-order chi connectivity index (χ1) is 18.6. The van der Waals surface area contributed by atoms with E-state index < -0.39 is 36.4 Å². The molecule has 1 atom stereocenters. The summed E-state index contributed by atoms with van der Waals surface area (Å²) in [6.45, 7) is 8.90. The molecule has 0 saturated heterocycles. The Kier molecular flexibility index (Phi) is 8.50. The smallest absolute Gasteiger partial charge is 0.343 e. The molecular formula is C30H32NO7P. The molecule has 0 radical (unpaired) electrons. The van der Waals surface area contributed by atoms with Crippen LogP contribution in [0.1, 0.15) is 61.8 Å². The van der Waals surface area contributed by atoms with Crippen molar-refractivity contribution in [2.45, 2.75) is 52.5 Å². The maximum absolute atomic E-state index is 14.9. The first-order valence-corrected chi connectivity index (χ1v) is 14.5. The number of ether oxygens (including phenoxy) is 1. The molecule has 0 saturated carbocycles. The minimum Gasteiger partial charge on any atom is -0.462 e. The number of hydrogen-bond donors (Lipinski definition) is 0. The van der Waals surface area contributed by atoms with Crippen molar-refractivity contribution in [3.63, 3.8) is 0 Å². The normalized spacial score (nSPS) is 12.8. The van der Waals surface area contributed by atoms with Gasteiger partial charge in [0.1, 0.15) is 5.66 Å². The quantitative estimate of drug-likeness (QED) is 0.0645. The SMILES string of the molecule is CCOC(=O)c1c(C(c2ccc([N+](=O)[O-])cc2)P(=O)(OC(C)C)OC(C)C)c2ccccc2c2ccccc12. The van der Waals surface area contributed by atoms with Crippen LogP contribution in [0.25, 0.3) is 21.5 Å². The average Bonchev–Trinajstić information content (AvgIpc) is 2.88. The predicted molar refractivity (Wildman–Crippen MR) is 152 cm³/mol. The second-order valence-electron chi connectivity index (χ2n) is 9.70. The molecule has 0 N–H and O–H groups in total. The van der Waals surface area contributed by atoms with E-state index in [1.54, 1.807) is 46.8 Å². The molecule has 0 aliphatic heterocycles. The molecule has 0 fully saturated rings. The van der Waals surface area contributed by atoms with Crippen molar-refractivity contribution in [1.82, 2.24) is 0 Å². The van der Waals surface area contributed by atoms with E-state index >= 15 is 0 Å². The van der Waals surface area contributed by atoms with Crippen molar-refractivity contribution in [3.8, 4) is 0 Å². The van der Waals surface area contributed by atoms with Gasteiger partial charge in [-0.2, -0.15) is 0 Å². The van der Waals surface area contributed by atoms with Crippen LogP contribution in [0.2, 0.25) is 0 Å². The lowest BCUT2D eigenvalue weighted by Gasteiger charge is -2.32. The van der Waals surface area contributed by atoms with Gasteiger partial charge in [0.05, 0.1) is 29.3 Å². The lowest BCUT2D eigenvalue weighted by molar-refractivity contribution is -0.384. The maximum Gasteiger partial charge on any atom is 0.343 e. The van der Waals surface area contributed by atoms with Gasteiger partial charge in [-0.15, -0.1) is 0 Å². The number of nitrogens with zero attached hydrogens (tertiary/aromatic N) is 1. The number of benzene rings is 4. The van der Waals surface area contributed by atoms with E-state index in [9.17, 15) is 19.5 Å². The zero-order valence-corrected chi connectivity index (χ0v) is 23.5. The zero-order valence-electron chi connectivity index (χ0n) is 22.6. The highest BCUT2D eigenvalue weighted by Crippen LogP contribution is 2.66. The summed E-state index contributed by atoms with van der Waals surface area (Å²) in [4.78, 5) is 24.6. The first-order valence-electron chi connectivity index (χ1n) is 12.9. The maximum atomic E-state index is 14.9. The van der Waals surface area contributed by atoms with Crippen LogP contribution in [0, 0.1) is 10.1 Å². The molecule has 0 aromatic heterocycles. The molecule has 0 spiro atoms. The van der Waals surface area contributed by atoms with Gasteiger partial charge in [-0.1, -0.05) is 60.7 Å². The largest absolute Gasteiger partial charge is 0.462 e. The third-order valence-electron chi connectivity index (χ3n) is 6.18. The summed E-state index contributed by atoms with van der Waals surface area (Å²) in [6, 6.07) is 20.8. The van der Waals surface area contributed by atoms with Gasteiger partial charge in [-0.3, -0.25) is 14.7 Å². The minimum absolute atomic E-state index is 0.115. The van der Waals surface area contributed by atoms with E-state index in [1.807, 2.05) is 48.5 Å². The van der Waals surface area contributed by atoms with E-state index in [1.165, 1.54) is 12.1 Å². The summed E-state index contributed by atoms with van der Waals surface area (Å²) < 4.78 is 32.7. The van der Waals surface area contributed by atoms with Crippen LogP contribution in [0.15, 0.2) is 72.8 Å². The number of nitro groups is 1. The van der Waals surface area contributed by atoms with Crippen LogP contribution >= 0.6 is 7.60 Å². The highest BCUT2D eigenvalue weighted by Gasteiger charge is 2.44. The Balaban J connectivity index is 2.20. The Hall–Kier alpha value is -3.58. The summed E-state index contributed by atoms with van der Waals surface area (Å²) in [7, 11) is -4.07. The Morgan fingerprint density at radius 3 is 1.79 bits per heavy atom. The number of non-ortho nitro benzene ring substituents is 1. The van der Waals surface area contributed by atoms with Crippen molar-refractivity contribution in [2.24, 2.45) is 0 Å². The number of carbonyl (C=O) groups is 1. The van der Waals surface area contributed by atoms with Crippen LogP contribution in [0.4, 0.5) is 5.69 Å². The summed E-state index contributed by atoms with van der Waals surface area (Å²) >= 11 is 0. The van der Waals surface area contributed by atoms with E-state index in [-0.39, 0.29) is 17.9 Å². The van der Waals surface area contributed by atoms with Crippen LogP contribution in [0.5, 0.6) is 0 Å². The van der Waals surface area contributed by atoms with Crippen LogP contribution in [-0.4, -0.2) is 29.7 Å². The van der Waals surface area contributed by atoms with Crippen molar-refractivity contribution < 1.29 is 28.1 Å². The van der Waals surface area contributed by atoms with Gasteiger partial charge in [0.2, 0.25) is 0 Å². The van der Waals surface area contributed by atoms with Gasteiger partial charge in [-0.25, -0.2) is 4.79 Å². The molecule has 0 aliphatic rings. The topological polar surface area (TPSA) is 105 Å². The van der Waals surface area contributed by atoms with Crippen molar-refractivity contribution in [2.75, 3.05) is 6.61 Å². The third-order valence-corrected chi connectivity index (χ3v) is 8.80. The summed E-state index contributed by atoms with van der Waals surface area (Å²) in [5.74, 6) is -0.568. The number of rotatable bonds is 10. The molecule has 4 aromatic carbocycles. The van der Waals surface area contributed by atoms with Gasteiger partial charge in [0.25, 0.3) is 5.69 Å². The molecule has 0 heterocycles. The molecule has 4 aromatic rings.